The molecule has 0 aliphatic rings. The van der Waals surface area contributed by atoms with Crippen LogP contribution < -0.4 is 27.8 Å². The highest BCUT2D eigenvalue weighted by atomic mass is 79.9. The predicted octanol–water partition coefficient (Wildman–Crippen LogP) is 30.6. The lowest BCUT2D eigenvalue weighted by Crippen LogP contribution is -2.15. The number of nitrogens with zero attached hydrogens (tertiary/aromatic N) is 4. The number of rotatable bonds is 3. The molecule has 0 saturated carbocycles. The largest absolute Gasteiger partial charge is 0.497 e. The summed E-state index contributed by atoms with van der Waals surface area (Å²) in [4.78, 5) is 15.4. The summed E-state index contributed by atoms with van der Waals surface area (Å²) in [6.45, 7) is 24.7. The van der Waals surface area contributed by atoms with Crippen LogP contribution >= 0.6 is 55.1 Å². The zero-order valence-electron chi connectivity index (χ0n) is 74.4. The van der Waals surface area contributed by atoms with Crippen LogP contribution in [0.5, 0.6) is 5.75 Å². The van der Waals surface area contributed by atoms with Crippen LogP contribution in [0.15, 0.2) is 367 Å². The van der Waals surface area contributed by atoms with Crippen molar-refractivity contribution < 1.29 is 9.13 Å². The number of pyridine rings is 3. The molecule has 0 spiro atoms. The zero-order valence-corrected chi connectivity index (χ0v) is 79.1. The zero-order chi connectivity index (χ0) is 91.9. The Bertz CT molecular complexity index is 6730. The molecule has 16 aromatic carbocycles. The van der Waals surface area contributed by atoms with Gasteiger partial charge in [0.2, 0.25) is 0 Å². The molecule has 11 nitrogen and oxygen atoms in total. The fourth-order valence-corrected chi connectivity index (χ4v) is 14.7. The number of methoxy groups -OCH3 is 1. The van der Waals surface area contributed by atoms with E-state index in [9.17, 15) is 4.39 Å². The first-order valence-electron chi connectivity index (χ1n) is 41.6. The van der Waals surface area contributed by atoms with Gasteiger partial charge in [-0.25, -0.2) is 9.37 Å². The maximum absolute atomic E-state index is 12.8. The molecule has 0 saturated heterocycles. The molecular formula is C112H107Br2Cl2FN10O. The highest BCUT2D eigenvalue weighted by molar-refractivity contribution is 9.10. The first-order valence-corrected chi connectivity index (χ1v) is 43.9. The molecule has 0 fully saturated rings. The molecule has 0 unspecified atom stereocenters. The molecule has 4 heterocycles. The van der Waals surface area contributed by atoms with Gasteiger partial charge in [-0.1, -0.05) is 323 Å². The van der Waals surface area contributed by atoms with Crippen molar-refractivity contribution in [2.75, 3.05) is 12.8 Å². The van der Waals surface area contributed by atoms with Crippen molar-refractivity contribution in [3.8, 4) is 5.75 Å². The molecule has 10 N–H and O–H groups in total. The van der Waals surface area contributed by atoms with Crippen LogP contribution in [-0.2, 0) is 0 Å². The fraction of sp³-hybridized carbons (Fsp3) is 0.116. The predicted molar refractivity (Wildman–Crippen MR) is 555 cm³/mol. The lowest BCUT2D eigenvalue weighted by atomic mass is 10.1. The lowest BCUT2D eigenvalue weighted by molar-refractivity contribution is 0.415. The summed E-state index contributed by atoms with van der Waals surface area (Å²) < 4.78 is 20.2. The van der Waals surface area contributed by atoms with Crippen molar-refractivity contribution in [1.82, 2.24) is 19.9 Å². The lowest BCUT2D eigenvalue weighted by Gasteiger charge is -2.02. The summed E-state index contributed by atoms with van der Waals surface area (Å²) in [6.07, 6.45) is 9.24. The number of ether oxygens (including phenoxy) is 1. The third-order valence-corrected chi connectivity index (χ3v) is 21.8. The van der Waals surface area contributed by atoms with Gasteiger partial charge in [-0.05, 0) is 274 Å². The number of aromatic nitrogens is 4. The number of amidine groups is 2. The first-order chi connectivity index (χ1) is 61.4. The fourth-order valence-electron chi connectivity index (χ4n) is 13.6. The van der Waals surface area contributed by atoms with E-state index in [0.29, 0.717) is 11.7 Å². The summed E-state index contributed by atoms with van der Waals surface area (Å²) in [5.74, 6) is 6.24. The Morgan fingerprint density at radius 2 is 0.750 bits per heavy atom. The Hall–Kier alpha value is -13.6. The van der Waals surface area contributed by atoms with Gasteiger partial charge in [-0.3, -0.25) is 15.4 Å². The monoisotopic (exact) mass is 1850 g/mol. The van der Waals surface area contributed by atoms with Crippen LogP contribution in [0.25, 0.3) is 97.1 Å². The Labute approximate surface area is 777 Å². The molecule has 0 aliphatic carbocycles. The number of hydrogen-bond acceptors (Lipinski definition) is 8. The standard InChI is InChI=1S/C12H12O.C12H12.2C11H9Br.2C11H9Cl.C10H10N2.C10H9N.C8H9FN2.C8H11N3.C8H8N2/c1-9-3-4-10-5-6-12(13-2)8-11(10)7-9;1-9-3-5-12-8-10(2)4-6-11(12)7-9;1-8-2-3-10-7-11(12)5-4-9(10)6-8;1-8-2-3-9-4-5-11(12)7-10(9)6-8;1-8-2-3-10-7-11(12)5-4-9(10)6-8;1-8-2-3-9-4-5-11(12)7-10(9)6-8;1-7-2-3-8-4-5-12-10(11)9(8)6-7;1-8-2-3-9-4-5-11-7-10(9)6-8;1-5-2-3-7(9)6(4-5)8(10)11;1-6-3-2-4-7(5-6)8(9)11-10;1-6-4-8-7(5-10-6)2-3-9-8/h3-8H,1-2H3;3-8H,1-2H3;4*2-7H,1H3;2-6H,1H3,(H2,11,12);2-7H,1H3;2-4H,1H3,(H3,10,11);2-5H,10H2,1H3,(H2,9,11);2-5,9H,1H3. The Morgan fingerprint density at radius 3 is 1.26 bits per heavy atom. The van der Waals surface area contributed by atoms with Crippen LogP contribution in [0.4, 0.5) is 10.2 Å². The van der Waals surface area contributed by atoms with Crippen LogP contribution in [0, 0.1) is 94.3 Å². The minimum atomic E-state index is -0.442. The van der Waals surface area contributed by atoms with Crippen LogP contribution in [0.1, 0.15) is 78.0 Å². The van der Waals surface area contributed by atoms with E-state index in [2.05, 4.69) is 325 Å². The van der Waals surface area contributed by atoms with Gasteiger partial charge in [0.1, 0.15) is 29.1 Å². The topological polar surface area (TPSA) is 204 Å². The number of fused-ring (bicyclic) bond motifs is 9. The van der Waals surface area contributed by atoms with E-state index >= 15 is 0 Å². The van der Waals surface area contributed by atoms with E-state index in [0.717, 1.165) is 63.4 Å². The maximum atomic E-state index is 12.8. The van der Waals surface area contributed by atoms with Gasteiger partial charge < -0.3 is 32.8 Å². The first kappa shape index (κ1) is 96.6. The number of nitrogens with one attached hydrogen (secondary N) is 2. The summed E-state index contributed by atoms with van der Waals surface area (Å²) in [5.41, 5.74) is 33.2. The number of benzene rings is 16. The van der Waals surface area contributed by atoms with Crippen molar-refractivity contribution in [3.05, 3.63) is 455 Å². The number of nitrogen functional groups attached to an aromatic ring is 2. The highest BCUT2D eigenvalue weighted by Crippen LogP contribution is 2.28. The highest BCUT2D eigenvalue weighted by Gasteiger charge is 2.06. The molecule has 0 radical (unpaired) electrons. The molecular weight excluding hydrogens is 1750 g/mol. The molecule has 0 bridgehead atoms. The van der Waals surface area contributed by atoms with Crippen LogP contribution in [0.3, 0.4) is 0 Å². The third-order valence-electron chi connectivity index (χ3n) is 20.4. The molecule has 0 atom stereocenters. The van der Waals surface area contributed by atoms with E-state index in [4.69, 9.17) is 56.4 Å². The molecule has 128 heavy (non-hydrogen) atoms. The minimum absolute atomic E-state index is 0.171. The number of hydrogen-bond donors (Lipinski definition) is 6. The number of aryl methyl sites for hydroxylation is 12. The van der Waals surface area contributed by atoms with E-state index in [1.54, 1.807) is 25.4 Å². The third kappa shape index (κ3) is 30.1. The molecule has 4 aromatic heterocycles. The van der Waals surface area contributed by atoms with Crippen LogP contribution in [0.2, 0.25) is 10.0 Å². The van der Waals surface area contributed by atoms with Gasteiger partial charge in [-0.15, -0.1) is 0 Å². The van der Waals surface area contributed by atoms with Gasteiger partial charge >= 0.3 is 0 Å². The Balaban J connectivity index is 0.000000147. The molecule has 20 rings (SSSR count). The second kappa shape index (κ2) is 47.6. The maximum Gasteiger partial charge on any atom is 0.150 e. The second-order valence-corrected chi connectivity index (χ2v) is 34.1. The molecule has 16 heteroatoms. The van der Waals surface area contributed by atoms with Gasteiger partial charge in [0.15, 0.2) is 0 Å². The average molecular weight is 1860 g/mol. The van der Waals surface area contributed by atoms with E-state index in [1.165, 1.54) is 137 Å². The number of anilines is 1. The minimum Gasteiger partial charge on any atom is -0.497 e. The van der Waals surface area contributed by atoms with Crippen molar-refractivity contribution in [2.45, 2.75) is 83.1 Å². The summed E-state index contributed by atoms with van der Waals surface area (Å²) >= 11 is 18.6. The average Bonchev–Trinajstić information content (AvgIpc) is 1.10. The SMILES string of the molecule is COc1ccc2ccc(C)cc2c1.Cc1cc2[nH]ccc2cn1.Cc1ccc(F)c(C(=N)N)c1.Cc1ccc2cc(Br)ccc2c1.Cc1ccc2cc(C)ccc2c1.Cc1ccc2cc(Cl)ccc2c1.Cc1ccc2ccc(Br)cc2c1.Cc1ccc2ccc(Cl)cc2c1.Cc1ccc2ccnc(N)c2c1.Cc1ccc2ccncc2c1.Cc1cccc(C(N)=NN)c1. The Kier molecular flexibility index (Phi) is 36.0. The number of aromatic amines is 1. The number of H-pyrrole nitrogens is 1. The van der Waals surface area contributed by atoms with Crippen molar-refractivity contribution in [1.29, 1.82) is 5.41 Å². The van der Waals surface area contributed by atoms with Crippen molar-refractivity contribution in [3.63, 3.8) is 0 Å². The number of halogens is 5. The normalized spacial score (nSPS) is 10.5. The van der Waals surface area contributed by atoms with Crippen molar-refractivity contribution >= 4 is 170 Å². The quantitative estimate of drug-likeness (QED) is 0.0434. The molecule has 0 amide bonds. The number of nitrogens with two attached hydrogens (primary N) is 4. The van der Waals surface area contributed by atoms with Crippen molar-refractivity contribution in [2.24, 2.45) is 22.4 Å². The molecule has 20 aromatic rings. The molecule has 0 aliphatic heterocycles. The van der Waals surface area contributed by atoms with E-state index in [1.807, 2.05) is 143 Å². The van der Waals surface area contributed by atoms with Gasteiger partial charge in [0, 0.05) is 82.9 Å². The van der Waals surface area contributed by atoms with Gasteiger partial charge in [0.25, 0.3) is 0 Å². The Morgan fingerprint density at radius 1 is 0.367 bits per heavy atom. The van der Waals surface area contributed by atoms with E-state index < -0.39 is 5.82 Å². The smallest absolute Gasteiger partial charge is 0.150 e. The van der Waals surface area contributed by atoms with Crippen LogP contribution in [-0.4, -0.2) is 38.7 Å². The summed E-state index contributed by atoms with van der Waals surface area (Å²) in [5, 5.41) is 33.1. The van der Waals surface area contributed by atoms with E-state index in [-0.39, 0.29) is 11.4 Å². The van der Waals surface area contributed by atoms with Gasteiger partial charge in [-0.2, -0.15) is 5.10 Å². The molecule has 646 valence electrons. The summed E-state index contributed by atoms with van der Waals surface area (Å²) in [7, 11) is 1.69. The van der Waals surface area contributed by atoms with Gasteiger partial charge in [0.05, 0.1) is 12.7 Å². The summed E-state index contributed by atoms with van der Waals surface area (Å²) in [6, 6.07) is 109. The number of hydrazone groups is 1. The second-order valence-electron chi connectivity index (χ2n) is 31.4.